The SMILES string of the molecule is CCOc1ccc(CNC(=O)Nc2cccc3c(O)cccc23)cc1. The lowest BCUT2D eigenvalue weighted by Crippen LogP contribution is -2.28. The van der Waals surface area contributed by atoms with Gasteiger partial charge in [-0.2, -0.15) is 0 Å². The lowest BCUT2D eigenvalue weighted by molar-refractivity contribution is 0.252. The van der Waals surface area contributed by atoms with E-state index in [0.29, 0.717) is 24.2 Å². The molecule has 0 spiro atoms. The molecule has 3 aromatic rings. The number of amides is 2. The van der Waals surface area contributed by atoms with Crippen molar-refractivity contribution in [2.45, 2.75) is 13.5 Å². The van der Waals surface area contributed by atoms with Crippen molar-refractivity contribution in [1.82, 2.24) is 5.32 Å². The zero-order valence-electron chi connectivity index (χ0n) is 14.0. The number of aromatic hydroxyl groups is 1. The quantitative estimate of drug-likeness (QED) is 0.652. The molecule has 0 bridgehead atoms. The normalized spacial score (nSPS) is 10.4. The average Bonchev–Trinajstić information content (AvgIpc) is 2.62. The van der Waals surface area contributed by atoms with Crippen molar-refractivity contribution in [1.29, 1.82) is 0 Å². The smallest absolute Gasteiger partial charge is 0.319 e. The highest BCUT2D eigenvalue weighted by atomic mass is 16.5. The number of fused-ring (bicyclic) bond motifs is 1. The van der Waals surface area contributed by atoms with Gasteiger partial charge in [-0.3, -0.25) is 0 Å². The molecule has 0 unspecified atom stereocenters. The van der Waals surface area contributed by atoms with Crippen LogP contribution in [0.15, 0.2) is 60.7 Å². The summed E-state index contributed by atoms with van der Waals surface area (Å²) in [5.74, 6) is 1.00. The topological polar surface area (TPSA) is 70.6 Å². The molecule has 0 atom stereocenters. The van der Waals surface area contributed by atoms with Gasteiger partial charge < -0.3 is 20.5 Å². The summed E-state index contributed by atoms with van der Waals surface area (Å²) in [5, 5.41) is 17.0. The van der Waals surface area contributed by atoms with Crippen molar-refractivity contribution in [3.63, 3.8) is 0 Å². The van der Waals surface area contributed by atoms with Crippen LogP contribution in [0.3, 0.4) is 0 Å². The molecule has 0 radical (unpaired) electrons. The molecule has 0 aromatic heterocycles. The van der Waals surface area contributed by atoms with Crippen molar-refractivity contribution in [2.24, 2.45) is 0 Å². The lowest BCUT2D eigenvalue weighted by Gasteiger charge is -2.11. The van der Waals surface area contributed by atoms with E-state index >= 15 is 0 Å². The molecule has 0 aliphatic carbocycles. The third-order valence-corrected chi connectivity index (χ3v) is 3.83. The first kappa shape index (κ1) is 16.6. The molecule has 0 heterocycles. The zero-order valence-corrected chi connectivity index (χ0v) is 14.0. The highest BCUT2D eigenvalue weighted by Gasteiger charge is 2.07. The maximum Gasteiger partial charge on any atom is 0.319 e. The van der Waals surface area contributed by atoms with Gasteiger partial charge in [0.05, 0.1) is 12.3 Å². The molecule has 0 fully saturated rings. The van der Waals surface area contributed by atoms with Gasteiger partial charge in [0.2, 0.25) is 0 Å². The van der Waals surface area contributed by atoms with E-state index in [1.54, 1.807) is 24.3 Å². The molecular weight excluding hydrogens is 316 g/mol. The van der Waals surface area contributed by atoms with Gasteiger partial charge >= 0.3 is 6.03 Å². The standard InChI is InChI=1S/C20H20N2O3/c1-2-25-15-11-9-14(10-12-15)13-21-20(24)22-18-7-3-6-17-16(18)5-4-8-19(17)23/h3-12,23H,2,13H2,1H3,(H2,21,22,24). The fraction of sp³-hybridized carbons (Fsp3) is 0.150. The Kier molecular flexibility index (Phi) is 5.04. The first-order valence-electron chi connectivity index (χ1n) is 8.14. The number of urea groups is 1. The van der Waals surface area contributed by atoms with Crippen LogP contribution in [0.1, 0.15) is 12.5 Å². The molecule has 0 saturated heterocycles. The predicted octanol–water partition coefficient (Wildman–Crippen LogP) is 4.27. The van der Waals surface area contributed by atoms with Crippen LogP contribution < -0.4 is 15.4 Å². The number of benzene rings is 3. The number of anilines is 1. The summed E-state index contributed by atoms with van der Waals surface area (Å²) in [6.07, 6.45) is 0. The van der Waals surface area contributed by atoms with E-state index in [2.05, 4.69) is 10.6 Å². The van der Waals surface area contributed by atoms with Gasteiger partial charge in [0, 0.05) is 17.3 Å². The van der Waals surface area contributed by atoms with Crippen LogP contribution in [0.25, 0.3) is 10.8 Å². The second-order valence-corrected chi connectivity index (χ2v) is 5.56. The third kappa shape index (κ3) is 4.01. The molecule has 128 valence electrons. The third-order valence-electron chi connectivity index (χ3n) is 3.83. The second kappa shape index (κ2) is 7.57. The Morgan fingerprint density at radius 3 is 2.48 bits per heavy atom. The predicted molar refractivity (Wildman–Crippen MR) is 99.1 cm³/mol. The van der Waals surface area contributed by atoms with Gasteiger partial charge in [-0.15, -0.1) is 0 Å². The number of nitrogens with one attached hydrogen (secondary N) is 2. The molecule has 3 rings (SSSR count). The summed E-state index contributed by atoms with van der Waals surface area (Å²) in [6.45, 7) is 2.97. The fourth-order valence-corrected chi connectivity index (χ4v) is 2.62. The number of carbonyl (C=O) groups is 1. The minimum absolute atomic E-state index is 0.191. The van der Waals surface area contributed by atoms with Crippen molar-refractivity contribution in [3.8, 4) is 11.5 Å². The Balaban J connectivity index is 1.64. The summed E-state index contributed by atoms with van der Waals surface area (Å²) in [5.41, 5.74) is 1.63. The van der Waals surface area contributed by atoms with Crippen LogP contribution in [0.4, 0.5) is 10.5 Å². The van der Waals surface area contributed by atoms with Crippen LogP contribution in [0.2, 0.25) is 0 Å². The van der Waals surface area contributed by atoms with Crippen molar-refractivity contribution >= 4 is 22.5 Å². The van der Waals surface area contributed by atoms with Crippen LogP contribution >= 0.6 is 0 Å². The highest BCUT2D eigenvalue weighted by molar-refractivity contribution is 6.03. The summed E-state index contributed by atoms with van der Waals surface area (Å²) < 4.78 is 5.40. The molecule has 0 saturated carbocycles. The summed E-state index contributed by atoms with van der Waals surface area (Å²) in [7, 11) is 0. The molecule has 2 amide bonds. The van der Waals surface area contributed by atoms with E-state index in [-0.39, 0.29) is 11.8 Å². The first-order valence-corrected chi connectivity index (χ1v) is 8.14. The Bertz CT molecular complexity index is 876. The molecule has 5 nitrogen and oxygen atoms in total. The molecular formula is C20H20N2O3. The number of phenolic OH excluding ortho intramolecular Hbond substituents is 1. The van der Waals surface area contributed by atoms with E-state index in [4.69, 9.17) is 4.74 Å². The lowest BCUT2D eigenvalue weighted by atomic mass is 10.1. The summed E-state index contributed by atoms with van der Waals surface area (Å²) in [4.78, 5) is 12.2. The van der Waals surface area contributed by atoms with Crippen molar-refractivity contribution in [3.05, 3.63) is 66.2 Å². The molecule has 0 aliphatic rings. The van der Waals surface area contributed by atoms with Crippen molar-refractivity contribution in [2.75, 3.05) is 11.9 Å². The number of phenols is 1. The maximum atomic E-state index is 12.2. The largest absolute Gasteiger partial charge is 0.507 e. The Hall–Kier alpha value is -3.21. The van der Waals surface area contributed by atoms with Gasteiger partial charge in [0.25, 0.3) is 0 Å². The zero-order chi connectivity index (χ0) is 17.6. The molecule has 3 aromatic carbocycles. The Morgan fingerprint density at radius 2 is 1.72 bits per heavy atom. The monoisotopic (exact) mass is 336 g/mol. The Labute approximate surface area is 146 Å². The molecule has 0 aliphatic heterocycles. The Morgan fingerprint density at radius 1 is 1.00 bits per heavy atom. The number of ether oxygens (including phenoxy) is 1. The van der Waals surface area contributed by atoms with Crippen LogP contribution in [-0.4, -0.2) is 17.7 Å². The average molecular weight is 336 g/mol. The summed E-state index contributed by atoms with van der Waals surface area (Å²) >= 11 is 0. The van der Waals surface area contributed by atoms with E-state index in [9.17, 15) is 9.90 Å². The van der Waals surface area contributed by atoms with Crippen LogP contribution in [-0.2, 0) is 6.54 Å². The van der Waals surface area contributed by atoms with Crippen LogP contribution in [0, 0.1) is 0 Å². The van der Waals surface area contributed by atoms with E-state index in [0.717, 1.165) is 16.7 Å². The fourth-order valence-electron chi connectivity index (χ4n) is 2.62. The number of hydrogen-bond acceptors (Lipinski definition) is 3. The van der Waals surface area contributed by atoms with Gasteiger partial charge in [-0.05, 0) is 36.8 Å². The molecule has 25 heavy (non-hydrogen) atoms. The second-order valence-electron chi connectivity index (χ2n) is 5.56. The van der Waals surface area contributed by atoms with E-state index in [1.165, 1.54) is 0 Å². The maximum absolute atomic E-state index is 12.2. The molecule has 3 N–H and O–H groups in total. The van der Waals surface area contributed by atoms with Gasteiger partial charge in [0.1, 0.15) is 11.5 Å². The molecule has 5 heteroatoms. The minimum Gasteiger partial charge on any atom is -0.507 e. The number of rotatable bonds is 5. The summed E-state index contributed by atoms with van der Waals surface area (Å²) in [6, 6.07) is 17.9. The minimum atomic E-state index is -0.301. The highest BCUT2D eigenvalue weighted by Crippen LogP contribution is 2.29. The number of hydrogen-bond donors (Lipinski definition) is 3. The number of carbonyl (C=O) groups excluding carboxylic acids is 1. The van der Waals surface area contributed by atoms with Gasteiger partial charge in [-0.1, -0.05) is 36.4 Å². The van der Waals surface area contributed by atoms with E-state index in [1.807, 2.05) is 43.3 Å². The van der Waals surface area contributed by atoms with Crippen molar-refractivity contribution < 1.29 is 14.6 Å². The van der Waals surface area contributed by atoms with Gasteiger partial charge in [0.15, 0.2) is 0 Å². The van der Waals surface area contributed by atoms with E-state index < -0.39 is 0 Å². The van der Waals surface area contributed by atoms with Crippen LogP contribution in [0.5, 0.6) is 11.5 Å². The van der Waals surface area contributed by atoms with Gasteiger partial charge in [-0.25, -0.2) is 4.79 Å². The first-order chi connectivity index (χ1) is 12.2.